The van der Waals surface area contributed by atoms with Crippen molar-refractivity contribution in [2.75, 3.05) is 0 Å². The fourth-order valence-electron chi connectivity index (χ4n) is 26.9. The van der Waals surface area contributed by atoms with Gasteiger partial charge in [0.2, 0.25) is 26.9 Å². The summed E-state index contributed by atoms with van der Waals surface area (Å²) in [6, 6.07) is 154. The molecule has 8 aliphatic rings. The highest BCUT2D eigenvalue weighted by atomic mass is 15.0. The molecule has 0 amide bonds. The van der Waals surface area contributed by atoms with Crippen molar-refractivity contribution in [2.24, 2.45) is 0 Å². The minimum Gasteiger partial charge on any atom is -0.310 e. The fraction of sp³-hybridized carbons (Fsp3) is 0.0952. The molecular formula is C126H92B4N4. The molecule has 0 N–H and O–H groups in total. The van der Waals surface area contributed by atoms with Crippen molar-refractivity contribution in [2.45, 2.75) is 77.0 Å². The van der Waals surface area contributed by atoms with Gasteiger partial charge in [-0.15, -0.1) is 0 Å². The van der Waals surface area contributed by atoms with Crippen LogP contribution in [0.1, 0.15) is 99.9 Å². The van der Waals surface area contributed by atoms with Crippen LogP contribution >= 0.6 is 0 Å². The third kappa shape index (κ3) is 10.4. The Balaban J connectivity index is 0.0000000892. The van der Waals surface area contributed by atoms with E-state index in [-0.39, 0.29) is 41.8 Å². The maximum absolute atomic E-state index is 2.55. The molecule has 8 heteroatoms. The summed E-state index contributed by atoms with van der Waals surface area (Å²) in [5.41, 5.74) is 52.4. The Morgan fingerprint density at radius 1 is 0.172 bits per heavy atom. The lowest BCUT2D eigenvalue weighted by atomic mass is 9.30. The van der Waals surface area contributed by atoms with Gasteiger partial charge in [0.1, 0.15) is 0 Å². The summed E-state index contributed by atoms with van der Waals surface area (Å²) in [4.78, 5) is 0. The van der Waals surface area contributed by atoms with Crippen LogP contribution in [0, 0.1) is 0 Å². The molecule has 0 saturated carbocycles. The predicted octanol–water partition coefficient (Wildman–Crippen LogP) is 22.0. The fourth-order valence-corrected chi connectivity index (χ4v) is 26.9. The second-order valence-corrected chi connectivity index (χ2v) is 40.6. The summed E-state index contributed by atoms with van der Waals surface area (Å²) in [6.07, 6.45) is 0. The molecule has 0 atom stereocenters. The molecule has 31 rings (SSSR count). The summed E-state index contributed by atoms with van der Waals surface area (Å²) in [5.74, 6) is 0. The van der Waals surface area contributed by atoms with Crippen LogP contribution in [0.4, 0.5) is 0 Å². The van der Waals surface area contributed by atoms with Gasteiger partial charge in [-0.25, -0.2) is 0 Å². The van der Waals surface area contributed by atoms with Crippen LogP contribution < -0.4 is 65.6 Å². The van der Waals surface area contributed by atoms with E-state index in [2.05, 4.69) is 486 Å². The first-order valence-corrected chi connectivity index (χ1v) is 47.9. The van der Waals surface area contributed by atoms with Crippen LogP contribution in [-0.2, 0) is 21.7 Å². The van der Waals surface area contributed by atoms with E-state index in [0.717, 1.165) is 0 Å². The van der Waals surface area contributed by atoms with E-state index >= 15 is 0 Å². The lowest BCUT2D eigenvalue weighted by Gasteiger charge is -2.41. The van der Waals surface area contributed by atoms with E-state index < -0.39 is 0 Å². The molecule has 0 aliphatic carbocycles. The first-order valence-electron chi connectivity index (χ1n) is 47.9. The van der Waals surface area contributed by atoms with E-state index in [4.69, 9.17) is 0 Å². The van der Waals surface area contributed by atoms with Gasteiger partial charge < -0.3 is 18.3 Å². The van der Waals surface area contributed by atoms with Gasteiger partial charge in [0.25, 0.3) is 0 Å². The molecule has 0 bridgehead atoms. The number of fused-ring (bicyclic) bond motifs is 28. The zero-order valence-corrected chi connectivity index (χ0v) is 76.4. The minimum absolute atomic E-state index is 0.00715. The molecule has 0 saturated heterocycles. The number of nitrogens with zero attached hydrogens (tertiary/aromatic N) is 4. The number of rotatable bonds is 3. The van der Waals surface area contributed by atoms with E-state index in [9.17, 15) is 0 Å². The number of aromatic nitrogens is 4. The molecule has 8 aliphatic heterocycles. The van der Waals surface area contributed by atoms with E-state index in [1.807, 2.05) is 0 Å². The Hall–Kier alpha value is -15.4. The van der Waals surface area contributed by atoms with E-state index in [1.54, 1.807) is 0 Å². The van der Waals surface area contributed by atoms with Crippen LogP contribution in [0.25, 0.3) is 143 Å². The largest absolute Gasteiger partial charge is 0.310 e. The number of para-hydroxylation sites is 5. The zero-order chi connectivity index (χ0) is 89.3. The van der Waals surface area contributed by atoms with Gasteiger partial charge in [0, 0.05) is 110 Å². The maximum Gasteiger partial charge on any atom is 0.247 e. The first kappa shape index (κ1) is 77.4. The summed E-state index contributed by atoms with van der Waals surface area (Å²) in [7, 11) is 0. The SMILES string of the molecule is CC1(C)c2ccccc2B2c3c(cccc31)-n1c3cc(-c4ccccc4)ccc3c3cccc2c31.CC1(C)c2ccccc2B2c3c(cccc31)-n1c3ccc(-c4ccccc4)cc3c3cccc2c31.CC1(C)c2ccccc2B2c3c(cccc31)-n1c3cccc(-c4ccccc4)c3c3cccc2c31.CC1(C)c2ccccc2B2c3c(cccc31)-n1c3ccccc3c3cccc2c31. The zero-order valence-electron chi connectivity index (χ0n) is 76.4. The highest BCUT2D eigenvalue weighted by molar-refractivity contribution is 7.01. The standard InChI is InChI=1S/3C33H24BN.C27H20BN/c1-33(2)24-15-6-7-17-26(24)34-27-18-8-14-23-30-22(21-11-4-3-5-12-21)13-9-19-28(30)35(32(23)27)29-20-10-16-25(33)31(29)34;1-33(2)25-13-6-7-15-27(25)34-28-16-8-12-24-23-19-18-22(21-10-4-3-5-11-21)20-30(23)35(32(24)28)29-17-9-14-26(33)31(29)34;1-33(2)25-13-6-7-15-27(25)34-28-16-8-12-23-24-20-22(21-10-4-3-5-11-21)18-19-29(24)35(32(23)28)30-17-9-14-26(33)31(30)34;1-27(2)19-11-4-5-13-21(19)28-22-14-7-10-18-17-9-3-6-15-23(17)29(26(18)22)24-16-8-12-20(27)25(24)28/h3*3-20H,1-2H3;3-16H,1-2H3. The summed E-state index contributed by atoms with van der Waals surface area (Å²) in [5, 5.41) is 10.7. The van der Waals surface area contributed by atoms with E-state index in [0.29, 0.717) is 6.71 Å². The Morgan fingerprint density at radius 3 is 0.873 bits per heavy atom. The highest BCUT2D eigenvalue weighted by Crippen LogP contribution is 2.48. The van der Waals surface area contributed by atoms with Crippen molar-refractivity contribution in [3.8, 4) is 56.1 Å². The predicted molar refractivity (Wildman–Crippen MR) is 572 cm³/mol. The quantitative estimate of drug-likeness (QED) is 0.157. The summed E-state index contributed by atoms with van der Waals surface area (Å²) in [6.45, 7) is 20.1. The van der Waals surface area contributed by atoms with Crippen LogP contribution in [0.15, 0.2) is 413 Å². The summed E-state index contributed by atoms with van der Waals surface area (Å²) < 4.78 is 10.1. The average molecular weight is 1710 g/mol. The highest BCUT2D eigenvalue weighted by Gasteiger charge is 2.50. The molecule has 0 radical (unpaired) electrons. The average Bonchev–Trinajstić information content (AvgIpc) is 1.41. The molecule has 628 valence electrons. The maximum atomic E-state index is 2.55. The molecule has 12 heterocycles. The van der Waals surface area contributed by atoms with Crippen molar-refractivity contribution >= 4 is 180 Å². The van der Waals surface area contributed by atoms with Gasteiger partial charge in [-0.3, -0.25) is 0 Å². The summed E-state index contributed by atoms with van der Waals surface area (Å²) >= 11 is 0. The lowest BCUT2D eigenvalue weighted by Crippen LogP contribution is -2.63. The minimum atomic E-state index is -0.0397. The normalized spacial score (nSPS) is 14.9. The molecule has 0 unspecified atom stereocenters. The van der Waals surface area contributed by atoms with Crippen LogP contribution in [-0.4, -0.2) is 45.1 Å². The third-order valence-electron chi connectivity index (χ3n) is 32.7. The first-order chi connectivity index (χ1) is 65.6. The monoisotopic (exact) mass is 1700 g/mol. The number of hydrogen-bond donors (Lipinski definition) is 0. The molecule has 4 nitrogen and oxygen atoms in total. The van der Waals surface area contributed by atoms with Crippen molar-refractivity contribution in [3.63, 3.8) is 0 Å². The molecule has 0 fully saturated rings. The van der Waals surface area contributed by atoms with Gasteiger partial charge in [-0.05, 0) is 176 Å². The lowest BCUT2D eigenvalue weighted by molar-refractivity contribution is 0.645. The molecule has 4 aromatic heterocycles. The molecule has 23 aromatic rings. The van der Waals surface area contributed by atoms with E-state index in [1.165, 1.54) is 253 Å². The van der Waals surface area contributed by atoms with Crippen molar-refractivity contribution in [1.29, 1.82) is 0 Å². The Bertz CT molecular complexity index is 8940. The van der Waals surface area contributed by atoms with Crippen LogP contribution in [0.2, 0.25) is 0 Å². The molecule has 0 spiro atoms. The van der Waals surface area contributed by atoms with Gasteiger partial charge in [-0.2, -0.15) is 0 Å². The molecule has 134 heavy (non-hydrogen) atoms. The second-order valence-electron chi connectivity index (χ2n) is 40.6. The second kappa shape index (κ2) is 28.1. The Kier molecular flexibility index (Phi) is 16.2. The molecule has 19 aromatic carbocycles. The number of hydrogen-bond acceptors (Lipinski definition) is 0. The van der Waals surface area contributed by atoms with Crippen molar-refractivity contribution in [1.82, 2.24) is 18.3 Å². The topological polar surface area (TPSA) is 19.7 Å². The third-order valence-corrected chi connectivity index (χ3v) is 32.7. The Labute approximate surface area is 782 Å². The van der Waals surface area contributed by atoms with Crippen molar-refractivity contribution < 1.29 is 0 Å². The van der Waals surface area contributed by atoms with Gasteiger partial charge in [0.15, 0.2) is 0 Å². The van der Waals surface area contributed by atoms with Gasteiger partial charge >= 0.3 is 0 Å². The van der Waals surface area contributed by atoms with Crippen LogP contribution in [0.3, 0.4) is 0 Å². The van der Waals surface area contributed by atoms with Crippen molar-refractivity contribution in [3.05, 3.63) is 457 Å². The number of benzene rings is 19. The van der Waals surface area contributed by atoms with Gasteiger partial charge in [-0.1, -0.05) is 435 Å². The smallest absolute Gasteiger partial charge is 0.247 e. The van der Waals surface area contributed by atoms with Gasteiger partial charge in [0.05, 0.1) is 22.1 Å². The van der Waals surface area contributed by atoms with Crippen LogP contribution in [0.5, 0.6) is 0 Å². The Morgan fingerprint density at radius 2 is 0.448 bits per heavy atom. The molecular weight excluding hydrogens is 1610 g/mol.